The summed E-state index contributed by atoms with van der Waals surface area (Å²) in [6, 6.07) is 0. The molecule has 35 heavy (non-hydrogen) atoms. The predicted molar refractivity (Wildman–Crippen MR) is 160 cm³/mol. The van der Waals surface area contributed by atoms with E-state index >= 15 is 0 Å². The Morgan fingerprint density at radius 3 is 1.66 bits per heavy atom. The lowest BCUT2D eigenvalue weighted by Gasteiger charge is -2.42. The molecule has 0 radical (unpaired) electrons. The van der Waals surface area contributed by atoms with E-state index in [-0.39, 0.29) is 26.9 Å². The molecule has 0 amide bonds. The number of thioether (sulfide) groups is 1. The van der Waals surface area contributed by atoms with Crippen LogP contribution < -0.4 is 0 Å². The maximum Gasteiger partial charge on any atom is 0.194 e. The van der Waals surface area contributed by atoms with E-state index in [1.807, 2.05) is 27.7 Å². The Kier molecular flexibility index (Phi) is 17.0. The summed E-state index contributed by atoms with van der Waals surface area (Å²) in [7, 11) is -1.98. The summed E-state index contributed by atoms with van der Waals surface area (Å²) in [5.41, 5.74) is 0. The van der Waals surface area contributed by atoms with Crippen LogP contribution in [0.25, 0.3) is 0 Å². The zero-order chi connectivity index (χ0) is 27.3. The van der Waals surface area contributed by atoms with Crippen molar-refractivity contribution in [1.29, 1.82) is 0 Å². The molecule has 0 aromatic rings. The zero-order valence-corrected chi connectivity index (χ0v) is 27.3. The number of unbranched alkanes of at least 4 members (excludes halogenated alkanes) is 10. The van der Waals surface area contributed by atoms with Crippen molar-refractivity contribution in [2.45, 2.75) is 174 Å². The van der Waals surface area contributed by atoms with Crippen molar-refractivity contribution in [1.82, 2.24) is 0 Å². The highest BCUT2D eigenvalue weighted by atomic mass is 32.2. The fourth-order valence-corrected chi connectivity index (χ4v) is 6.58. The molecule has 0 fully saturated rings. The van der Waals surface area contributed by atoms with E-state index in [0.717, 1.165) is 12.8 Å². The lowest BCUT2D eigenvalue weighted by molar-refractivity contribution is -0.119. The predicted octanol–water partition coefficient (Wildman–Crippen LogP) is 9.77. The average molecular weight is 531 g/mol. The Balaban J connectivity index is 4.87. The van der Waals surface area contributed by atoms with Gasteiger partial charge < -0.3 is 9.53 Å². The molecule has 0 bridgehead atoms. The number of carbonyl (C=O) groups excluding carboxylic acids is 1. The monoisotopic (exact) mass is 530 g/mol. The van der Waals surface area contributed by atoms with Crippen LogP contribution in [0.2, 0.25) is 18.1 Å². The summed E-state index contributed by atoms with van der Waals surface area (Å²) in [5, 5.41) is 11.4. The first-order valence-corrected chi connectivity index (χ1v) is 18.3. The van der Waals surface area contributed by atoms with E-state index in [2.05, 4.69) is 47.7 Å². The van der Waals surface area contributed by atoms with Crippen molar-refractivity contribution < 1.29 is 14.3 Å². The Bertz CT molecular complexity index is 565. The molecule has 0 aromatic heterocycles. The maximum absolute atomic E-state index is 12.8. The molecule has 210 valence electrons. The summed E-state index contributed by atoms with van der Waals surface area (Å²) in [6.07, 6.45) is 14.9. The highest BCUT2D eigenvalue weighted by molar-refractivity contribution is 8.14. The first kappa shape index (κ1) is 35.2. The lowest BCUT2D eigenvalue weighted by atomic mass is 9.87. The molecule has 0 aliphatic carbocycles. The first-order valence-electron chi connectivity index (χ1n) is 14.6. The second-order valence-electron chi connectivity index (χ2n) is 13.4. The minimum absolute atomic E-state index is 0.000607. The minimum atomic E-state index is -1.98. The van der Waals surface area contributed by atoms with E-state index in [4.69, 9.17) is 4.43 Å². The molecule has 5 heteroatoms. The molecular weight excluding hydrogens is 468 g/mol. The van der Waals surface area contributed by atoms with E-state index < -0.39 is 20.3 Å². The molecule has 0 aromatic carbocycles. The van der Waals surface area contributed by atoms with Gasteiger partial charge in [-0.15, -0.1) is 0 Å². The fraction of sp³-hybridized carbons (Fsp3) is 0.967. The van der Waals surface area contributed by atoms with Gasteiger partial charge in [-0.05, 0) is 24.6 Å². The van der Waals surface area contributed by atoms with Gasteiger partial charge in [0.1, 0.15) is 0 Å². The molecule has 0 heterocycles. The van der Waals surface area contributed by atoms with Gasteiger partial charge in [0.2, 0.25) is 0 Å². The van der Waals surface area contributed by atoms with Crippen molar-refractivity contribution >= 4 is 25.2 Å². The van der Waals surface area contributed by atoms with Gasteiger partial charge in [0, 0.05) is 10.7 Å². The number of aliphatic hydroxyl groups excluding tert-OH is 1. The van der Waals surface area contributed by atoms with Gasteiger partial charge in [0.05, 0.1) is 18.1 Å². The molecular formula is C30H62O3SSi. The third-order valence-electron chi connectivity index (χ3n) is 7.76. The Labute approximate surface area is 225 Å². The van der Waals surface area contributed by atoms with Gasteiger partial charge in [-0.1, -0.05) is 145 Å². The van der Waals surface area contributed by atoms with Crippen molar-refractivity contribution in [3.05, 3.63) is 0 Å². The van der Waals surface area contributed by atoms with Crippen LogP contribution in [0.5, 0.6) is 0 Å². The SMILES string of the molecule is CCCCCCCCCCCCC[C@@H](O[Si](C)(C)C(C)(C)C)[C@H](C)[C@@H](O)[C@@H](C)C(=O)SC(C)(C)C. The minimum Gasteiger partial charge on any atom is -0.414 e. The number of carbonyl (C=O) groups is 1. The molecule has 3 nitrogen and oxygen atoms in total. The molecule has 0 unspecified atom stereocenters. The summed E-state index contributed by atoms with van der Waals surface area (Å²) in [5.74, 6) is -0.455. The Morgan fingerprint density at radius 2 is 1.26 bits per heavy atom. The van der Waals surface area contributed by atoms with Crippen molar-refractivity contribution in [3.63, 3.8) is 0 Å². The highest BCUT2D eigenvalue weighted by Gasteiger charge is 2.42. The summed E-state index contributed by atoms with van der Waals surface area (Å²) in [6.45, 7) is 23.8. The van der Waals surface area contributed by atoms with E-state index in [9.17, 15) is 9.90 Å². The van der Waals surface area contributed by atoms with Gasteiger partial charge in [-0.2, -0.15) is 0 Å². The van der Waals surface area contributed by atoms with E-state index in [1.54, 1.807) is 0 Å². The smallest absolute Gasteiger partial charge is 0.194 e. The Hall–Kier alpha value is 0.157. The molecule has 0 saturated carbocycles. The molecule has 0 saturated heterocycles. The van der Waals surface area contributed by atoms with Crippen LogP contribution in [0.1, 0.15) is 139 Å². The molecule has 4 atom stereocenters. The second kappa shape index (κ2) is 16.9. The van der Waals surface area contributed by atoms with E-state index in [0.29, 0.717) is 0 Å². The van der Waals surface area contributed by atoms with Crippen LogP contribution >= 0.6 is 11.8 Å². The number of hydrogen-bond donors (Lipinski definition) is 1. The lowest BCUT2D eigenvalue weighted by Crippen LogP contribution is -2.48. The highest BCUT2D eigenvalue weighted by Crippen LogP contribution is 2.40. The van der Waals surface area contributed by atoms with Crippen LogP contribution in [0, 0.1) is 11.8 Å². The van der Waals surface area contributed by atoms with Gasteiger partial charge in [-0.3, -0.25) is 4.79 Å². The van der Waals surface area contributed by atoms with Gasteiger partial charge in [0.25, 0.3) is 0 Å². The van der Waals surface area contributed by atoms with Gasteiger partial charge >= 0.3 is 0 Å². The van der Waals surface area contributed by atoms with Crippen LogP contribution in [-0.4, -0.2) is 35.5 Å². The van der Waals surface area contributed by atoms with Crippen LogP contribution in [0.15, 0.2) is 0 Å². The summed E-state index contributed by atoms with van der Waals surface area (Å²) in [4.78, 5) is 12.8. The molecule has 0 rings (SSSR count). The third-order valence-corrected chi connectivity index (χ3v) is 13.5. The number of hydrogen-bond acceptors (Lipinski definition) is 4. The van der Waals surface area contributed by atoms with Crippen LogP contribution in [-0.2, 0) is 9.22 Å². The first-order chi connectivity index (χ1) is 16.0. The normalized spacial score (nSPS) is 16.7. The standard InChI is InChI=1S/C30H62O3SSi/c1-12-13-14-15-16-17-18-19-20-21-22-23-26(33-35(10,11)30(7,8)9)24(2)27(31)25(3)28(32)34-29(4,5)6/h24-27,31H,12-23H2,1-11H3/t24-,25+,26+,27+/m0/s1. The molecule has 0 aliphatic rings. The molecule has 0 aliphatic heterocycles. The summed E-state index contributed by atoms with van der Waals surface area (Å²) < 4.78 is 6.73. The van der Waals surface area contributed by atoms with Gasteiger partial charge in [-0.25, -0.2) is 0 Å². The largest absolute Gasteiger partial charge is 0.414 e. The maximum atomic E-state index is 12.8. The fourth-order valence-electron chi connectivity index (χ4n) is 4.20. The quantitative estimate of drug-likeness (QED) is 0.141. The van der Waals surface area contributed by atoms with Crippen molar-refractivity contribution in [2.75, 3.05) is 0 Å². The summed E-state index contributed by atoms with van der Waals surface area (Å²) >= 11 is 1.34. The van der Waals surface area contributed by atoms with Crippen molar-refractivity contribution in [3.8, 4) is 0 Å². The third kappa shape index (κ3) is 15.2. The number of rotatable bonds is 18. The zero-order valence-electron chi connectivity index (χ0n) is 25.5. The second-order valence-corrected chi connectivity index (χ2v) is 20.0. The van der Waals surface area contributed by atoms with Crippen LogP contribution in [0.3, 0.4) is 0 Å². The average Bonchev–Trinajstić information content (AvgIpc) is 2.72. The Morgan fingerprint density at radius 1 is 0.829 bits per heavy atom. The van der Waals surface area contributed by atoms with Crippen LogP contribution in [0.4, 0.5) is 0 Å². The number of aliphatic hydroxyl groups is 1. The molecule has 1 N–H and O–H groups in total. The van der Waals surface area contributed by atoms with Crippen molar-refractivity contribution in [2.24, 2.45) is 11.8 Å². The van der Waals surface area contributed by atoms with Gasteiger partial charge in [0.15, 0.2) is 13.4 Å². The topological polar surface area (TPSA) is 46.5 Å². The van der Waals surface area contributed by atoms with E-state index in [1.165, 1.54) is 76.0 Å². The molecule has 0 spiro atoms.